The van der Waals surface area contributed by atoms with Gasteiger partial charge in [0.2, 0.25) is 0 Å². The zero-order valence-electron chi connectivity index (χ0n) is 11.6. The first-order valence-corrected chi connectivity index (χ1v) is 6.58. The van der Waals surface area contributed by atoms with Crippen LogP contribution >= 0.6 is 0 Å². The summed E-state index contributed by atoms with van der Waals surface area (Å²) < 4.78 is 9.58. The van der Waals surface area contributed by atoms with E-state index in [1.165, 1.54) is 0 Å². The molecule has 1 aromatic carbocycles. The number of ether oxygens (including phenoxy) is 2. The average Bonchev–Trinajstić information content (AvgIpc) is 2.84. The van der Waals surface area contributed by atoms with E-state index < -0.39 is 12.1 Å². The van der Waals surface area contributed by atoms with Gasteiger partial charge in [0, 0.05) is 16.3 Å². The maximum absolute atomic E-state index is 11.8. The Morgan fingerprint density at radius 2 is 2.00 bits per heavy atom. The van der Waals surface area contributed by atoms with E-state index in [-0.39, 0.29) is 18.1 Å². The van der Waals surface area contributed by atoms with Gasteiger partial charge < -0.3 is 19.6 Å². The van der Waals surface area contributed by atoms with E-state index >= 15 is 0 Å². The summed E-state index contributed by atoms with van der Waals surface area (Å²) in [6.07, 6.45) is 0.160. The molecule has 0 radical (unpaired) electrons. The number of aromatic nitrogens is 2. The molecule has 0 aliphatic rings. The number of carbonyl (C=O) groups excluding carboxylic acids is 1. The van der Waals surface area contributed by atoms with Crippen LogP contribution in [-0.2, 0) is 4.74 Å². The van der Waals surface area contributed by atoms with Gasteiger partial charge in [0.1, 0.15) is 11.4 Å². The summed E-state index contributed by atoms with van der Waals surface area (Å²) in [7, 11) is 0. The van der Waals surface area contributed by atoms with E-state index in [1.54, 1.807) is 37.4 Å². The van der Waals surface area contributed by atoms with Gasteiger partial charge in [-0.2, -0.15) is 0 Å². The third-order valence-corrected chi connectivity index (χ3v) is 3.14. The Hall–Kier alpha value is -3.09. The van der Waals surface area contributed by atoms with Crippen LogP contribution in [0.1, 0.15) is 17.4 Å². The molecule has 0 saturated carbocycles. The number of aromatic amines is 1. The number of carbonyl (C=O) groups is 2. The zero-order valence-corrected chi connectivity index (χ0v) is 11.6. The average molecular weight is 300 g/mol. The Morgan fingerprint density at radius 1 is 1.23 bits per heavy atom. The number of nitrogens with zero attached hydrogens (tertiary/aromatic N) is 1. The van der Waals surface area contributed by atoms with Crippen LogP contribution in [0.15, 0.2) is 30.5 Å². The van der Waals surface area contributed by atoms with Gasteiger partial charge >= 0.3 is 12.1 Å². The van der Waals surface area contributed by atoms with E-state index in [9.17, 15) is 9.59 Å². The highest BCUT2D eigenvalue weighted by molar-refractivity contribution is 6.09. The number of nitrogens with one attached hydrogen (secondary N) is 1. The number of hydrogen-bond acceptors (Lipinski definition) is 5. The summed E-state index contributed by atoms with van der Waals surface area (Å²) in [4.78, 5) is 29.6. The predicted octanol–water partition coefficient (Wildman–Crippen LogP) is 2.95. The van der Waals surface area contributed by atoms with Crippen LogP contribution in [0.5, 0.6) is 5.75 Å². The molecule has 0 aliphatic heterocycles. The van der Waals surface area contributed by atoms with Crippen molar-refractivity contribution in [2.75, 3.05) is 6.61 Å². The van der Waals surface area contributed by atoms with E-state index in [4.69, 9.17) is 9.84 Å². The molecule has 3 aromatic rings. The molecular formula is C15H12N2O5. The molecule has 22 heavy (non-hydrogen) atoms. The molecule has 2 heterocycles. The molecule has 7 nitrogen and oxygen atoms in total. The summed E-state index contributed by atoms with van der Waals surface area (Å²) in [5.74, 6) is -0.299. The highest BCUT2D eigenvalue weighted by atomic mass is 16.7. The number of benzene rings is 1. The van der Waals surface area contributed by atoms with Gasteiger partial charge in [-0.15, -0.1) is 0 Å². The van der Waals surface area contributed by atoms with Crippen LogP contribution in [0.3, 0.4) is 0 Å². The lowest BCUT2D eigenvalue weighted by Crippen LogP contribution is -2.06. The summed E-state index contributed by atoms with van der Waals surface area (Å²) in [5.41, 5.74) is 1.71. The minimum atomic E-state index is -1.38. The number of esters is 1. The molecule has 0 atom stereocenters. The highest BCUT2D eigenvalue weighted by Gasteiger charge is 2.13. The Bertz CT molecular complexity index is 884. The second kappa shape index (κ2) is 5.36. The summed E-state index contributed by atoms with van der Waals surface area (Å²) >= 11 is 0. The van der Waals surface area contributed by atoms with Crippen LogP contribution in [0.25, 0.3) is 21.8 Å². The van der Waals surface area contributed by atoms with Gasteiger partial charge in [0.05, 0.1) is 18.3 Å². The molecule has 0 bridgehead atoms. The smallest absolute Gasteiger partial charge is 0.461 e. The normalized spacial score (nSPS) is 10.8. The van der Waals surface area contributed by atoms with Gasteiger partial charge in [-0.25, -0.2) is 14.6 Å². The van der Waals surface area contributed by atoms with Crippen molar-refractivity contribution < 1.29 is 24.2 Å². The second-order valence-corrected chi connectivity index (χ2v) is 4.54. The summed E-state index contributed by atoms with van der Waals surface area (Å²) in [6.45, 7) is 1.99. The minimum absolute atomic E-state index is 0.194. The van der Waals surface area contributed by atoms with Crippen LogP contribution in [0.4, 0.5) is 4.79 Å². The van der Waals surface area contributed by atoms with Crippen molar-refractivity contribution >= 4 is 33.9 Å². The predicted molar refractivity (Wildman–Crippen MR) is 78.2 cm³/mol. The van der Waals surface area contributed by atoms with E-state index in [0.717, 1.165) is 21.8 Å². The molecule has 7 heteroatoms. The quantitative estimate of drug-likeness (QED) is 0.569. The minimum Gasteiger partial charge on any atom is -0.461 e. The molecule has 0 spiro atoms. The van der Waals surface area contributed by atoms with Crippen molar-refractivity contribution in [1.82, 2.24) is 9.97 Å². The van der Waals surface area contributed by atoms with Crippen molar-refractivity contribution in [3.63, 3.8) is 0 Å². The Morgan fingerprint density at radius 3 is 2.73 bits per heavy atom. The molecule has 2 N–H and O–H groups in total. The van der Waals surface area contributed by atoms with Gasteiger partial charge in [0.25, 0.3) is 0 Å². The number of rotatable bonds is 3. The fourth-order valence-corrected chi connectivity index (χ4v) is 2.26. The van der Waals surface area contributed by atoms with Crippen molar-refractivity contribution in [2.24, 2.45) is 0 Å². The first kappa shape index (κ1) is 13.9. The highest BCUT2D eigenvalue weighted by Crippen LogP contribution is 2.29. The number of carboxylic acid groups (broad SMARTS) is 1. The van der Waals surface area contributed by atoms with Crippen molar-refractivity contribution in [3.05, 3.63) is 36.2 Å². The maximum atomic E-state index is 11.8. The fraction of sp³-hybridized carbons (Fsp3) is 0.133. The van der Waals surface area contributed by atoms with Crippen molar-refractivity contribution in [1.29, 1.82) is 0 Å². The van der Waals surface area contributed by atoms with E-state index in [2.05, 4.69) is 14.7 Å². The molecule has 0 unspecified atom stereocenters. The van der Waals surface area contributed by atoms with Crippen LogP contribution in [0.2, 0.25) is 0 Å². The molecule has 0 saturated heterocycles. The molecule has 0 fully saturated rings. The number of pyridine rings is 1. The standard InChI is InChI=1S/C15H12N2O5/c1-2-21-14(18)12-6-10-9-5-8(22-15(19)20)3-4-11(9)17-13(10)7-16-12/h3-7,17H,2H2,1H3,(H,19,20). The van der Waals surface area contributed by atoms with E-state index in [1.807, 2.05) is 0 Å². The van der Waals surface area contributed by atoms with Gasteiger partial charge in [-0.05, 0) is 31.2 Å². The van der Waals surface area contributed by atoms with Crippen LogP contribution in [0, 0.1) is 0 Å². The van der Waals surface area contributed by atoms with Gasteiger partial charge in [-0.1, -0.05) is 0 Å². The molecule has 0 amide bonds. The first-order chi connectivity index (χ1) is 10.6. The first-order valence-electron chi connectivity index (χ1n) is 6.58. The SMILES string of the molecule is CCOC(=O)c1cc2c(cn1)[nH]c1ccc(OC(=O)O)cc12. The molecule has 3 rings (SSSR count). The topological polar surface area (TPSA) is 102 Å². The monoisotopic (exact) mass is 300 g/mol. The molecule has 2 aromatic heterocycles. The number of fused-ring (bicyclic) bond motifs is 3. The van der Waals surface area contributed by atoms with Gasteiger partial charge in [-0.3, -0.25) is 0 Å². The lowest BCUT2D eigenvalue weighted by molar-refractivity contribution is 0.0519. The Kier molecular flexibility index (Phi) is 3.38. The van der Waals surface area contributed by atoms with Crippen LogP contribution < -0.4 is 4.74 Å². The molecule has 0 aliphatic carbocycles. The maximum Gasteiger partial charge on any atom is 0.511 e. The Balaban J connectivity index is 2.14. The molecular weight excluding hydrogens is 288 g/mol. The number of H-pyrrole nitrogens is 1. The largest absolute Gasteiger partial charge is 0.511 e. The third kappa shape index (κ3) is 2.44. The second-order valence-electron chi connectivity index (χ2n) is 4.54. The lowest BCUT2D eigenvalue weighted by Gasteiger charge is -2.01. The van der Waals surface area contributed by atoms with Crippen molar-refractivity contribution in [3.8, 4) is 5.75 Å². The van der Waals surface area contributed by atoms with E-state index in [0.29, 0.717) is 0 Å². The zero-order chi connectivity index (χ0) is 15.7. The summed E-state index contributed by atoms with van der Waals surface area (Å²) in [5, 5.41) is 10.2. The van der Waals surface area contributed by atoms with Crippen molar-refractivity contribution in [2.45, 2.75) is 6.92 Å². The summed E-state index contributed by atoms with van der Waals surface area (Å²) in [6, 6.07) is 6.46. The number of hydrogen-bond donors (Lipinski definition) is 2. The molecule has 112 valence electrons. The lowest BCUT2D eigenvalue weighted by atomic mass is 10.1. The van der Waals surface area contributed by atoms with Gasteiger partial charge in [0.15, 0.2) is 0 Å². The van der Waals surface area contributed by atoms with Crippen LogP contribution in [-0.4, -0.2) is 33.8 Å². The Labute approximate surface area is 124 Å². The fourth-order valence-electron chi connectivity index (χ4n) is 2.26. The third-order valence-electron chi connectivity index (χ3n) is 3.14.